The lowest BCUT2D eigenvalue weighted by molar-refractivity contribution is -0.120. The number of benzene rings is 2. The average molecular weight is 428 g/mol. The first-order chi connectivity index (χ1) is 15.2. The van der Waals surface area contributed by atoms with Crippen molar-refractivity contribution in [2.75, 3.05) is 0 Å². The molecule has 0 saturated heterocycles. The third-order valence-electron chi connectivity index (χ3n) is 5.73. The third kappa shape index (κ3) is 4.54. The maximum absolute atomic E-state index is 12.6. The van der Waals surface area contributed by atoms with E-state index in [0.717, 1.165) is 28.1 Å². The summed E-state index contributed by atoms with van der Waals surface area (Å²) in [6, 6.07) is 18.2. The van der Waals surface area contributed by atoms with Gasteiger partial charge in [-0.3, -0.25) is 4.79 Å². The van der Waals surface area contributed by atoms with Crippen molar-refractivity contribution >= 4 is 11.7 Å². The van der Waals surface area contributed by atoms with Gasteiger partial charge in [0.25, 0.3) is 5.78 Å². The molecule has 0 aliphatic carbocycles. The van der Waals surface area contributed by atoms with Crippen LogP contribution in [0, 0.1) is 13.8 Å². The van der Waals surface area contributed by atoms with E-state index in [1.807, 2.05) is 44.2 Å². The monoisotopic (exact) mass is 427 g/mol. The summed E-state index contributed by atoms with van der Waals surface area (Å²) >= 11 is 0. The Morgan fingerprint density at radius 3 is 2.31 bits per heavy atom. The van der Waals surface area contributed by atoms with Gasteiger partial charge in [-0.2, -0.15) is 4.98 Å². The summed E-state index contributed by atoms with van der Waals surface area (Å²) in [5.74, 6) is 1.13. The molecule has 0 radical (unpaired) electrons. The van der Waals surface area contributed by atoms with Gasteiger partial charge in [0.15, 0.2) is 5.82 Å². The molecule has 6 heteroatoms. The topological polar surface area (TPSA) is 72.2 Å². The van der Waals surface area contributed by atoms with Gasteiger partial charge < -0.3 is 5.32 Å². The molecule has 0 fully saturated rings. The average Bonchev–Trinajstić information content (AvgIpc) is 3.19. The maximum atomic E-state index is 12.6. The predicted octanol–water partition coefficient (Wildman–Crippen LogP) is 4.56. The summed E-state index contributed by atoms with van der Waals surface area (Å²) in [4.78, 5) is 21.8. The van der Waals surface area contributed by atoms with Crippen LogP contribution in [0.25, 0.3) is 17.2 Å². The van der Waals surface area contributed by atoms with Gasteiger partial charge in [-0.15, -0.1) is 5.10 Å². The first-order valence-electron chi connectivity index (χ1n) is 10.9. The van der Waals surface area contributed by atoms with Gasteiger partial charge in [-0.1, -0.05) is 75.4 Å². The molecule has 2 heterocycles. The summed E-state index contributed by atoms with van der Waals surface area (Å²) in [6.45, 7) is 11.0. The Kier molecular flexibility index (Phi) is 5.78. The molecule has 1 amide bonds. The van der Waals surface area contributed by atoms with Crippen LogP contribution in [-0.4, -0.2) is 25.5 Å². The smallest absolute Gasteiger partial charge is 0.253 e. The van der Waals surface area contributed by atoms with Gasteiger partial charge in [0.1, 0.15) is 0 Å². The van der Waals surface area contributed by atoms with E-state index in [1.54, 1.807) is 4.52 Å². The van der Waals surface area contributed by atoms with Crippen LogP contribution in [0.1, 0.15) is 48.8 Å². The lowest BCUT2D eigenvalue weighted by Gasteiger charge is -2.18. The first-order valence-corrected chi connectivity index (χ1v) is 10.9. The molecule has 2 aromatic heterocycles. The fourth-order valence-corrected chi connectivity index (χ4v) is 3.73. The SMILES string of the molecule is Cc1nc2nc(-c3ccc(C(C)(C)C)cc3)nn2c(C)c1CC(=O)NCc1ccccc1. The van der Waals surface area contributed by atoms with Crippen LogP contribution >= 0.6 is 0 Å². The van der Waals surface area contributed by atoms with E-state index in [2.05, 4.69) is 65.4 Å². The Morgan fingerprint density at radius 1 is 0.969 bits per heavy atom. The molecule has 164 valence electrons. The van der Waals surface area contributed by atoms with Crippen molar-refractivity contribution in [2.24, 2.45) is 0 Å². The fraction of sp³-hybridized carbons (Fsp3) is 0.308. The lowest BCUT2D eigenvalue weighted by atomic mass is 9.87. The Labute approximate surface area is 188 Å². The Morgan fingerprint density at radius 2 is 1.66 bits per heavy atom. The van der Waals surface area contributed by atoms with Crippen molar-refractivity contribution in [1.29, 1.82) is 0 Å². The fourth-order valence-electron chi connectivity index (χ4n) is 3.73. The number of rotatable bonds is 5. The van der Waals surface area contributed by atoms with E-state index in [-0.39, 0.29) is 17.7 Å². The number of aryl methyl sites for hydroxylation is 2. The number of aromatic nitrogens is 4. The lowest BCUT2D eigenvalue weighted by Crippen LogP contribution is -2.25. The second kappa shape index (κ2) is 8.54. The van der Waals surface area contributed by atoms with E-state index in [4.69, 9.17) is 0 Å². The molecular formula is C26H29N5O. The largest absolute Gasteiger partial charge is 0.352 e. The number of hydrogen-bond donors (Lipinski definition) is 1. The highest BCUT2D eigenvalue weighted by atomic mass is 16.1. The van der Waals surface area contributed by atoms with Gasteiger partial charge in [-0.05, 0) is 30.4 Å². The van der Waals surface area contributed by atoms with E-state index in [0.29, 0.717) is 18.1 Å². The molecule has 4 aromatic rings. The molecular weight excluding hydrogens is 398 g/mol. The van der Waals surface area contributed by atoms with Gasteiger partial charge in [0, 0.05) is 29.1 Å². The number of nitrogens with zero attached hydrogens (tertiary/aromatic N) is 4. The third-order valence-corrected chi connectivity index (χ3v) is 5.73. The molecule has 0 spiro atoms. The molecule has 4 rings (SSSR count). The van der Waals surface area contributed by atoms with E-state index in [9.17, 15) is 4.79 Å². The highest BCUT2D eigenvalue weighted by Gasteiger charge is 2.18. The van der Waals surface area contributed by atoms with E-state index >= 15 is 0 Å². The van der Waals surface area contributed by atoms with Gasteiger partial charge in [0.05, 0.1) is 6.42 Å². The standard InChI is InChI=1S/C26H29N5O/c1-17-22(15-23(32)27-16-19-9-7-6-8-10-19)18(2)31-25(28-17)29-24(30-31)20-11-13-21(14-12-20)26(3,4)5/h6-14H,15-16H2,1-5H3,(H,27,32). The van der Waals surface area contributed by atoms with Crippen molar-refractivity contribution in [3.8, 4) is 11.4 Å². The van der Waals surface area contributed by atoms with Crippen LogP contribution in [0.2, 0.25) is 0 Å². The number of hydrogen-bond acceptors (Lipinski definition) is 4. The van der Waals surface area contributed by atoms with Crippen LogP contribution in [0.4, 0.5) is 0 Å². The molecule has 0 aliphatic heterocycles. The Balaban J connectivity index is 1.57. The molecule has 2 aromatic carbocycles. The zero-order chi connectivity index (χ0) is 22.9. The second-order valence-corrected chi connectivity index (χ2v) is 9.17. The number of nitrogens with one attached hydrogen (secondary N) is 1. The number of carbonyl (C=O) groups is 1. The zero-order valence-corrected chi connectivity index (χ0v) is 19.3. The van der Waals surface area contributed by atoms with Crippen molar-refractivity contribution in [3.63, 3.8) is 0 Å². The molecule has 6 nitrogen and oxygen atoms in total. The number of fused-ring (bicyclic) bond motifs is 1. The van der Waals surface area contributed by atoms with Crippen LogP contribution in [0.15, 0.2) is 54.6 Å². The van der Waals surface area contributed by atoms with Crippen molar-refractivity contribution in [3.05, 3.63) is 82.7 Å². The van der Waals surface area contributed by atoms with Gasteiger partial charge in [0.2, 0.25) is 5.91 Å². The van der Waals surface area contributed by atoms with E-state index < -0.39 is 0 Å². The van der Waals surface area contributed by atoms with Crippen molar-refractivity contribution < 1.29 is 4.79 Å². The van der Waals surface area contributed by atoms with Crippen molar-refractivity contribution in [2.45, 2.75) is 53.0 Å². The van der Waals surface area contributed by atoms with Crippen LogP contribution in [-0.2, 0) is 23.2 Å². The predicted molar refractivity (Wildman–Crippen MR) is 126 cm³/mol. The summed E-state index contributed by atoms with van der Waals surface area (Å²) in [6.07, 6.45) is 0.253. The Hall–Kier alpha value is -3.54. The first kappa shape index (κ1) is 21.7. The minimum atomic E-state index is -0.0423. The minimum absolute atomic E-state index is 0.0423. The molecule has 0 unspecified atom stereocenters. The summed E-state index contributed by atoms with van der Waals surface area (Å²) in [5, 5.41) is 7.67. The van der Waals surface area contributed by atoms with Crippen molar-refractivity contribution in [1.82, 2.24) is 24.9 Å². The molecule has 1 N–H and O–H groups in total. The van der Waals surface area contributed by atoms with E-state index in [1.165, 1.54) is 5.56 Å². The van der Waals surface area contributed by atoms with Gasteiger partial charge >= 0.3 is 0 Å². The van der Waals surface area contributed by atoms with Gasteiger partial charge in [-0.25, -0.2) is 9.50 Å². The molecule has 0 bridgehead atoms. The summed E-state index contributed by atoms with van der Waals surface area (Å²) in [7, 11) is 0. The molecule has 0 aliphatic rings. The van der Waals surface area contributed by atoms with Crippen LogP contribution < -0.4 is 5.32 Å². The summed E-state index contributed by atoms with van der Waals surface area (Å²) < 4.78 is 1.74. The normalized spacial score (nSPS) is 11.7. The van der Waals surface area contributed by atoms with Crippen LogP contribution in [0.3, 0.4) is 0 Å². The number of carbonyl (C=O) groups excluding carboxylic acids is 1. The number of amides is 1. The molecule has 0 saturated carbocycles. The second-order valence-electron chi connectivity index (χ2n) is 9.17. The molecule has 0 atom stereocenters. The zero-order valence-electron chi connectivity index (χ0n) is 19.3. The van der Waals surface area contributed by atoms with Crippen LogP contribution in [0.5, 0.6) is 0 Å². The Bertz CT molecular complexity index is 1250. The molecule has 32 heavy (non-hydrogen) atoms. The summed E-state index contributed by atoms with van der Waals surface area (Å²) in [5.41, 5.74) is 5.93. The minimum Gasteiger partial charge on any atom is -0.352 e. The maximum Gasteiger partial charge on any atom is 0.253 e. The highest BCUT2D eigenvalue weighted by Crippen LogP contribution is 2.25. The quantitative estimate of drug-likeness (QED) is 0.507. The highest BCUT2D eigenvalue weighted by molar-refractivity contribution is 5.79.